The van der Waals surface area contributed by atoms with E-state index in [1.165, 1.54) is 6.92 Å². The predicted octanol–water partition coefficient (Wildman–Crippen LogP) is 2.33. The second-order valence-electron chi connectivity index (χ2n) is 2.90. The molecule has 0 radical (unpaired) electrons. The van der Waals surface area contributed by atoms with Crippen molar-refractivity contribution in [1.82, 2.24) is 4.98 Å². The van der Waals surface area contributed by atoms with Gasteiger partial charge in [-0.15, -0.1) is 0 Å². The Hall–Kier alpha value is -1.86. The maximum atomic E-state index is 12.5. The Morgan fingerprint density at radius 2 is 2.06 bits per heavy atom. The summed E-state index contributed by atoms with van der Waals surface area (Å²) in [6.07, 6.45) is -4.74. The fourth-order valence-corrected chi connectivity index (χ4v) is 1.12. The first-order valence-electron chi connectivity index (χ1n) is 4.04. The molecular formula is C8H7F3N2O3. The predicted molar refractivity (Wildman–Crippen MR) is 47.2 cm³/mol. The highest BCUT2D eigenvalue weighted by Gasteiger charge is 2.37. The Kier molecular flexibility index (Phi) is 3.02. The van der Waals surface area contributed by atoms with Crippen molar-refractivity contribution in [1.29, 1.82) is 0 Å². The van der Waals surface area contributed by atoms with Gasteiger partial charge in [-0.3, -0.25) is 10.1 Å². The molecule has 0 saturated carbocycles. The Labute approximate surface area is 88.0 Å². The number of alkyl halides is 3. The molecule has 0 bridgehead atoms. The molecule has 1 heterocycles. The third-order valence-electron chi connectivity index (χ3n) is 1.85. The van der Waals surface area contributed by atoms with Gasteiger partial charge < -0.3 is 4.74 Å². The number of aromatic nitrogens is 1. The Morgan fingerprint density at radius 1 is 1.50 bits per heavy atom. The van der Waals surface area contributed by atoms with Gasteiger partial charge in [0.15, 0.2) is 0 Å². The number of aryl methyl sites for hydroxylation is 1. The zero-order valence-electron chi connectivity index (χ0n) is 8.33. The number of pyridine rings is 1. The summed E-state index contributed by atoms with van der Waals surface area (Å²) < 4.78 is 41.8. The third kappa shape index (κ3) is 2.20. The normalized spacial score (nSPS) is 11.3. The van der Waals surface area contributed by atoms with Gasteiger partial charge in [0, 0.05) is 6.07 Å². The van der Waals surface area contributed by atoms with Crippen LogP contribution in [0.5, 0.6) is 5.88 Å². The quantitative estimate of drug-likeness (QED) is 0.583. The van der Waals surface area contributed by atoms with Crippen LogP contribution >= 0.6 is 0 Å². The standard InChI is InChI=1S/C8H7F3N2O3/c1-4-6(13(14)15)3-5(8(9,10)11)7(12-4)16-2/h3H,1-2H3. The summed E-state index contributed by atoms with van der Waals surface area (Å²) in [4.78, 5) is 12.9. The lowest BCUT2D eigenvalue weighted by atomic mass is 10.2. The van der Waals surface area contributed by atoms with Crippen LogP contribution in [0.1, 0.15) is 11.3 Å². The zero-order valence-corrected chi connectivity index (χ0v) is 8.33. The van der Waals surface area contributed by atoms with Crippen molar-refractivity contribution in [2.75, 3.05) is 7.11 Å². The second kappa shape index (κ2) is 3.95. The molecule has 0 fully saturated rings. The van der Waals surface area contributed by atoms with Crippen molar-refractivity contribution in [3.63, 3.8) is 0 Å². The summed E-state index contributed by atoms with van der Waals surface area (Å²) in [5.74, 6) is -0.671. The topological polar surface area (TPSA) is 65.3 Å². The molecule has 0 aromatic carbocycles. The lowest BCUT2D eigenvalue weighted by molar-refractivity contribution is -0.386. The molecule has 88 valence electrons. The molecule has 1 aromatic heterocycles. The highest BCUT2D eigenvalue weighted by Crippen LogP contribution is 2.37. The number of halogens is 3. The van der Waals surface area contributed by atoms with E-state index in [4.69, 9.17) is 0 Å². The average molecular weight is 236 g/mol. The number of nitro groups is 1. The molecule has 5 nitrogen and oxygen atoms in total. The molecule has 0 aliphatic heterocycles. The molecule has 0 atom stereocenters. The van der Waals surface area contributed by atoms with Gasteiger partial charge in [-0.1, -0.05) is 0 Å². The van der Waals surface area contributed by atoms with Crippen molar-refractivity contribution >= 4 is 5.69 Å². The van der Waals surface area contributed by atoms with Gasteiger partial charge in [-0.2, -0.15) is 13.2 Å². The second-order valence-corrected chi connectivity index (χ2v) is 2.90. The van der Waals surface area contributed by atoms with Crippen molar-refractivity contribution in [3.05, 3.63) is 27.4 Å². The van der Waals surface area contributed by atoms with E-state index in [0.717, 1.165) is 7.11 Å². The summed E-state index contributed by atoms with van der Waals surface area (Å²) in [6.45, 7) is 1.24. The summed E-state index contributed by atoms with van der Waals surface area (Å²) in [7, 11) is 1.02. The van der Waals surface area contributed by atoms with E-state index in [9.17, 15) is 23.3 Å². The van der Waals surface area contributed by atoms with Crippen molar-refractivity contribution in [2.24, 2.45) is 0 Å². The fourth-order valence-electron chi connectivity index (χ4n) is 1.12. The molecular weight excluding hydrogens is 229 g/mol. The maximum Gasteiger partial charge on any atom is 0.421 e. The van der Waals surface area contributed by atoms with Crippen LogP contribution < -0.4 is 4.74 Å². The first-order chi connectivity index (χ1) is 7.27. The monoisotopic (exact) mass is 236 g/mol. The van der Waals surface area contributed by atoms with Gasteiger partial charge in [0.05, 0.1) is 12.0 Å². The Morgan fingerprint density at radius 3 is 2.44 bits per heavy atom. The molecule has 8 heteroatoms. The first-order valence-corrected chi connectivity index (χ1v) is 4.04. The number of nitrogens with zero attached hydrogens (tertiary/aromatic N) is 2. The van der Waals surface area contributed by atoms with E-state index in [1.54, 1.807) is 0 Å². The molecule has 0 N–H and O–H groups in total. The molecule has 0 aliphatic rings. The Balaban J connectivity index is 3.47. The number of rotatable bonds is 2. The molecule has 0 aliphatic carbocycles. The summed E-state index contributed by atoms with van der Waals surface area (Å²) in [6, 6.07) is 0.418. The lowest BCUT2D eigenvalue weighted by Crippen LogP contribution is -2.10. The van der Waals surface area contributed by atoms with Crippen LogP contribution in [0.4, 0.5) is 18.9 Å². The zero-order chi connectivity index (χ0) is 12.5. The number of ether oxygens (including phenoxy) is 1. The van der Waals surface area contributed by atoms with E-state index in [1.807, 2.05) is 0 Å². The van der Waals surface area contributed by atoms with E-state index in [0.29, 0.717) is 6.07 Å². The van der Waals surface area contributed by atoms with Crippen LogP contribution in [0.3, 0.4) is 0 Å². The lowest BCUT2D eigenvalue weighted by Gasteiger charge is -2.11. The van der Waals surface area contributed by atoms with Gasteiger partial charge in [-0.25, -0.2) is 4.98 Å². The van der Waals surface area contributed by atoms with E-state index < -0.39 is 28.2 Å². The third-order valence-corrected chi connectivity index (χ3v) is 1.85. The van der Waals surface area contributed by atoms with E-state index in [2.05, 4.69) is 9.72 Å². The summed E-state index contributed by atoms with van der Waals surface area (Å²) >= 11 is 0. The summed E-state index contributed by atoms with van der Waals surface area (Å²) in [5.41, 5.74) is -2.07. The van der Waals surface area contributed by atoms with Crippen molar-refractivity contribution < 1.29 is 22.8 Å². The maximum absolute atomic E-state index is 12.5. The van der Waals surface area contributed by atoms with Crippen molar-refractivity contribution in [3.8, 4) is 5.88 Å². The Bertz CT molecular complexity index is 431. The molecule has 1 rings (SSSR count). The average Bonchev–Trinajstić information content (AvgIpc) is 2.14. The van der Waals surface area contributed by atoms with E-state index in [-0.39, 0.29) is 5.69 Å². The number of hydrogen-bond donors (Lipinski definition) is 0. The SMILES string of the molecule is COc1nc(C)c([N+](=O)[O-])cc1C(F)(F)F. The van der Waals surface area contributed by atoms with Crippen LogP contribution in [0.15, 0.2) is 6.07 Å². The van der Waals surface area contributed by atoms with Crippen LogP contribution in [0.25, 0.3) is 0 Å². The minimum Gasteiger partial charge on any atom is -0.481 e. The highest BCUT2D eigenvalue weighted by atomic mass is 19.4. The smallest absolute Gasteiger partial charge is 0.421 e. The highest BCUT2D eigenvalue weighted by molar-refractivity contribution is 5.44. The van der Waals surface area contributed by atoms with Gasteiger partial charge in [0.1, 0.15) is 11.3 Å². The molecule has 0 spiro atoms. The minimum atomic E-state index is -4.74. The van der Waals surface area contributed by atoms with Gasteiger partial charge >= 0.3 is 6.18 Å². The van der Waals surface area contributed by atoms with Crippen LogP contribution in [-0.4, -0.2) is 17.0 Å². The molecule has 1 aromatic rings. The summed E-state index contributed by atoms with van der Waals surface area (Å²) in [5, 5.41) is 10.5. The molecule has 16 heavy (non-hydrogen) atoms. The molecule has 0 unspecified atom stereocenters. The van der Waals surface area contributed by atoms with Gasteiger partial charge in [0.2, 0.25) is 5.88 Å². The van der Waals surface area contributed by atoms with Crippen LogP contribution in [0.2, 0.25) is 0 Å². The number of methoxy groups -OCH3 is 1. The first kappa shape index (κ1) is 12.2. The minimum absolute atomic E-state index is 0.130. The number of hydrogen-bond acceptors (Lipinski definition) is 4. The van der Waals surface area contributed by atoms with Gasteiger partial charge in [-0.05, 0) is 6.92 Å². The van der Waals surface area contributed by atoms with Crippen molar-refractivity contribution in [2.45, 2.75) is 13.1 Å². The largest absolute Gasteiger partial charge is 0.481 e. The molecule has 0 saturated heterocycles. The van der Waals surface area contributed by atoms with Gasteiger partial charge in [0.25, 0.3) is 5.69 Å². The van der Waals surface area contributed by atoms with E-state index >= 15 is 0 Å². The fraction of sp³-hybridized carbons (Fsp3) is 0.375. The molecule has 0 amide bonds. The van der Waals surface area contributed by atoms with Crippen LogP contribution in [0, 0.1) is 17.0 Å². The van der Waals surface area contributed by atoms with Crippen LogP contribution in [-0.2, 0) is 6.18 Å².